The summed E-state index contributed by atoms with van der Waals surface area (Å²) in [5, 5.41) is 13.8. The van der Waals surface area contributed by atoms with Crippen LogP contribution in [0, 0.1) is 12.8 Å². The van der Waals surface area contributed by atoms with Crippen molar-refractivity contribution in [2.45, 2.75) is 38.3 Å². The van der Waals surface area contributed by atoms with E-state index < -0.39 is 5.60 Å². The van der Waals surface area contributed by atoms with Crippen LogP contribution in [0.25, 0.3) is 0 Å². The molecule has 0 amide bonds. The molecule has 0 saturated heterocycles. The zero-order valence-corrected chi connectivity index (χ0v) is 11.4. The van der Waals surface area contributed by atoms with Crippen LogP contribution in [-0.4, -0.2) is 31.4 Å². The van der Waals surface area contributed by atoms with Gasteiger partial charge in [-0.25, -0.2) is 0 Å². The normalized spacial score (nSPS) is 20.7. The van der Waals surface area contributed by atoms with Crippen molar-refractivity contribution < 1.29 is 14.3 Å². The lowest BCUT2D eigenvalue weighted by molar-refractivity contribution is 0.0260. The molecule has 1 aromatic rings. The SMILES string of the molecule is COCC(NCC(C)(O)c1ccc(C)o1)C1CC1. The van der Waals surface area contributed by atoms with Crippen LogP contribution in [0.1, 0.15) is 31.3 Å². The molecule has 4 nitrogen and oxygen atoms in total. The van der Waals surface area contributed by atoms with Crippen molar-refractivity contribution in [2.75, 3.05) is 20.3 Å². The Balaban J connectivity index is 1.91. The number of hydrogen-bond acceptors (Lipinski definition) is 4. The van der Waals surface area contributed by atoms with E-state index >= 15 is 0 Å². The quantitative estimate of drug-likeness (QED) is 0.778. The fourth-order valence-electron chi connectivity index (χ4n) is 2.18. The third kappa shape index (κ3) is 3.34. The first-order chi connectivity index (χ1) is 8.53. The van der Waals surface area contributed by atoms with Crippen molar-refractivity contribution in [3.63, 3.8) is 0 Å². The molecule has 1 aromatic heterocycles. The molecule has 1 aliphatic rings. The Morgan fingerprint density at radius 2 is 2.28 bits per heavy atom. The Hall–Kier alpha value is -0.840. The van der Waals surface area contributed by atoms with Crippen LogP contribution in [0.4, 0.5) is 0 Å². The van der Waals surface area contributed by atoms with Crippen LogP contribution in [0.5, 0.6) is 0 Å². The molecule has 2 atom stereocenters. The summed E-state index contributed by atoms with van der Waals surface area (Å²) < 4.78 is 10.7. The number of furan rings is 1. The van der Waals surface area contributed by atoms with Gasteiger partial charge in [0.1, 0.15) is 17.1 Å². The number of aliphatic hydroxyl groups is 1. The van der Waals surface area contributed by atoms with E-state index in [4.69, 9.17) is 9.15 Å². The summed E-state index contributed by atoms with van der Waals surface area (Å²) in [7, 11) is 1.71. The number of hydrogen-bond donors (Lipinski definition) is 2. The molecule has 18 heavy (non-hydrogen) atoms. The van der Waals surface area contributed by atoms with Gasteiger partial charge in [0.15, 0.2) is 0 Å². The fourth-order valence-corrected chi connectivity index (χ4v) is 2.18. The first-order valence-electron chi connectivity index (χ1n) is 6.54. The van der Waals surface area contributed by atoms with Gasteiger partial charge >= 0.3 is 0 Å². The number of methoxy groups -OCH3 is 1. The highest BCUT2D eigenvalue weighted by atomic mass is 16.5. The van der Waals surface area contributed by atoms with Crippen molar-refractivity contribution in [1.29, 1.82) is 0 Å². The Labute approximate surface area is 108 Å². The summed E-state index contributed by atoms with van der Waals surface area (Å²) in [6, 6.07) is 4.04. The first kappa shape index (κ1) is 13.6. The molecule has 2 rings (SSSR count). The molecule has 0 aliphatic heterocycles. The molecule has 1 saturated carbocycles. The lowest BCUT2D eigenvalue weighted by Crippen LogP contribution is -2.43. The van der Waals surface area contributed by atoms with Crippen LogP contribution in [0.3, 0.4) is 0 Å². The Kier molecular flexibility index (Phi) is 4.10. The number of nitrogens with one attached hydrogen (secondary N) is 1. The van der Waals surface area contributed by atoms with Gasteiger partial charge < -0.3 is 19.6 Å². The minimum Gasteiger partial charge on any atom is -0.463 e. The maximum atomic E-state index is 10.4. The predicted molar refractivity (Wildman–Crippen MR) is 69.4 cm³/mol. The van der Waals surface area contributed by atoms with E-state index in [1.54, 1.807) is 14.0 Å². The van der Waals surface area contributed by atoms with Crippen LogP contribution in [-0.2, 0) is 10.3 Å². The molecule has 0 bridgehead atoms. The average Bonchev–Trinajstić information content (AvgIpc) is 3.06. The van der Waals surface area contributed by atoms with E-state index in [0.717, 1.165) is 5.76 Å². The van der Waals surface area contributed by atoms with Crippen molar-refractivity contribution in [1.82, 2.24) is 5.32 Å². The summed E-state index contributed by atoms with van der Waals surface area (Å²) in [5.74, 6) is 2.12. The molecule has 0 spiro atoms. The lowest BCUT2D eigenvalue weighted by Gasteiger charge is -2.25. The molecule has 1 fully saturated rings. The maximum Gasteiger partial charge on any atom is 0.136 e. The molecular formula is C14H23NO3. The van der Waals surface area contributed by atoms with Crippen LogP contribution in [0.2, 0.25) is 0 Å². The standard InChI is InChI=1S/C14H23NO3/c1-10-4-7-13(18-10)14(2,16)9-15-12(8-17-3)11-5-6-11/h4,7,11-12,15-16H,5-6,8-9H2,1-3H3. The third-order valence-corrected chi connectivity index (χ3v) is 3.52. The van der Waals surface area contributed by atoms with Gasteiger partial charge in [0.05, 0.1) is 6.61 Å². The second-order valence-electron chi connectivity index (χ2n) is 5.46. The zero-order chi connectivity index (χ0) is 13.2. The van der Waals surface area contributed by atoms with Crippen molar-refractivity contribution in [3.05, 3.63) is 23.7 Å². The van der Waals surface area contributed by atoms with E-state index in [1.165, 1.54) is 12.8 Å². The Morgan fingerprint density at radius 1 is 1.56 bits per heavy atom. The topological polar surface area (TPSA) is 54.6 Å². The highest BCUT2D eigenvalue weighted by molar-refractivity contribution is 5.13. The number of ether oxygens (including phenoxy) is 1. The van der Waals surface area contributed by atoms with Crippen LogP contribution >= 0.6 is 0 Å². The lowest BCUT2D eigenvalue weighted by atomic mass is 10.0. The summed E-state index contributed by atoms with van der Waals surface area (Å²) in [6.45, 7) is 4.82. The molecule has 1 aliphatic carbocycles. The van der Waals surface area contributed by atoms with Gasteiger partial charge in [0, 0.05) is 19.7 Å². The third-order valence-electron chi connectivity index (χ3n) is 3.52. The van der Waals surface area contributed by atoms with Gasteiger partial charge in [-0.15, -0.1) is 0 Å². The fraction of sp³-hybridized carbons (Fsp3) is 0.714. The first-order valence-corrected chi connectivity index (χ1v) is 6.54. The van der Waals surface area contributed by atoms with E-state index in [2.05, 4.69) is 5.32 Å². The summed E-state index contributed by atoms with van der Waals surface area (Å²) in [4.78, 5) is 0. The van der Waals surface area contributed by atoms with E-state index in [1.807, 2.05) is 19.1 Å². The summed E-state index contributed by atoms with van der Waals surface area (Å²) in [6.07, 6.45) is 2.51. The highest BCUT2D eigenvalue weighted by Gasteiger charge is 2.34. The molecule has 4 heteroatoms. The van der Waals surface area contributed by atoms with Gasteiger partial charge in [-0.2, -0.15) is 0 Å². The highest BCUT2D eigenvalue weighted by Crippen LogP contribution is 2.33. The predicted octanol–water partition coefficient (Wildman–Crippen LogP) is 1.81. The van der Waals surface area contributed by atoms with Gasteiger partial charge in [0.2, 0.25) is 0 Å². The van der Waals surface area contributed by atoms with Crippen LogP contribution < -0.4 is 5.32 Å². The maximum absolute atomic E-state index is 10.4. The second kappa shape index (κ2) is 5.43. The smallest absolute Gasteiger partial charge is 0.136 e. The number of rotatable bonds is 7. The molecular weight excluding hydrogens is 230 g/mol. The monoisotopic (exact) mass is 253 g/mol. The van der Waals surface area contributed by atoms with Gasteiger partial charge in [-0.05, 0) is 44.7 Å². The summed E-state index contributed by atoms with van der Waals surface area (Å²) >= 11 is 0. The minimum atomic E-state index is -0.977. The Morgan fingerprint density at radius 3 is 2.78 bits per heavy atom. The summed E-state index contributed by atoms with van der Waals surface area (Å²) in [5.41, 5.74) is -0.977. The second-order valence-corrected chi connectivity index (χ2v) is 5.46. The van der Waals surface area contributed by atoms with Crippen molar-refractivity contribution in [3.8, 4) is 0 Å². The molecule has 0 aromatic carbocycles. The van der Waals surface area contributed by atoms with Gasteiger partial charge in [0.25, 0.3) is 0 Å². The van der Waals surface area contributed by atoms with E-state index in [-0.39, 0.29) is 0 Å². The molecule has 102 valence electrons. The molecule has 2 N–H and O–H groups in total. The van der Waals surface area contributed by atoms with Gasteiger partial charge in [-0.3, -0.25) is 0 Å². The van der Waals surface area contributed by atoms with Gasteiger partial charge in [-0.1, -0.05) is 0 Å². The molecule has 0 radical (unpaired) electrons. The van der Waals surface area contributed by atoms with Crippen LogP contribution in [0.15, 0.2) is 16.5 Å². The number of aryl methyl sites for hydroxylation is 1. The minimum absolute atomic E-state index is 0.331. The zero-order valence-electron chi connectivity index (χ0n) is 11.4. The molecule has 2 unspecified atom stereocenters. The van der Waals surface area contributed by atoms with E-state index in [0.29, 0.717) is 30.9 Å². The molecule has 1 heterocycles. The Bertz CT molecular complexity index is 382. The largest absolute Gasteiger partial charge is 0.463 e. The average molecular weight is 253 g/mol. The van der Waals surface area contributed by atoms with Crippen molar-refractivity contribution >= 4 is 0 Å². The van der Waals surface area contributed by atoms with E-state index in [9.17, 15) is 5.11 Å². The van der Waals surface area contributed by atoms with Crippen molar-refractivity contribution in [2.24, 2.45) is 5.92 Å².